The molecule has 1 aliphatic rings. The molecular formula is C14H15ClN2O2. The third kappa shape index (κ3) is 2.99. The first-order valence-electron chi connectivity index (χ1n) is 6.18. The lowest BCUT2D eigenvalue weighted by atomic mass is 9.99. The van der Waals surface area contributed by atoms with Crippen LogP contribution < -0.4 is 4.74 Å². The van der Waals surface area contributed by atoms with Crippen LogP contribution in [0.5, 0.6) is 5.75 Å². The van der Waals surface area contributed by atoms with Gasteiger partial charge in [-0.15, -0.1) is 0 Å². The second-order valence-electron chi connectivity index (χ2n) is 4.56. The van der Waals surface area contributed by atoms with Gasteiger partial charge < -0.3 is 9.64 Å². The molecule has 1 aliphatic heterocycles. The zero-order valence-corrected chi connectivity index (χ0v) is 11.5. The summed E-state index contributed by atoms with van der Waals surface area (Å²) in [4.78, 5) is 14.2. The molecule has 19 heavy (non-hydrogen) atoms. The summed E-state index contributed by atoms with van der Waals surface area (Å²) in [6.45, 7) is 1.17. The fraction of sp³-hybridized carbons (Fsp3) is 0.429. The van der Waals surface area contributed by atoms with Crippen molar-refractivity contribution in [1.82, 2.24) is 4.90 Å². The van der Waals surface area contributed by atoms with Gasteiger partial charge in [-0.2, -0.15) is 5.26 Å². The highest BCUT2D eigenvalue weighted by molar-refractivity contribution is 6.30. The number of benzene rings is 1. The summed E-state index contributed by atoms with van der Waals surface area (Å²) in [6, 6.07) is 7.19. The molecule has 100 valence electrons. The molecule has 0 unspecified atom stereocenters. The first kappa shape index (κ1) is 13.7. The van der Waals surface area contributed by atoms with E-state index in [1.807, 2.05) is 0 Å². The van der Waals surface area contributed by atoms with Crippen molar-refractivity contribution in [3.63, 3.8) is 0 Å². The van der Waals surface area contributed by atoms with E-state index in [-0.39, 0.29) is 11.8 Å². The van der Waals surface area contributed by atoms with Gasteiger partial charge in [-0.3, -0.25) is 4.79 Å². The summed E-state index contributed by atoms with van der Waals surface area (Å²) in [7, 11) is 1.51. The number of nitrogens with zero attached hydrogens (tertiary/aromatic N) is 2. The molecule has 4 nitrogen and oxygen atoms in total. The largest absolute Gasteiger partial charge is 0.496 e. The Bertz CT molecular complexity index is 525. The number of rotatable bonds is 2. The van der Waals surface area contributed by atoms with Crippen LogP contribution in [-0.4, -0.2) is 31.0 Å². The first-order chi connectivity index (χ1) is 9.15. The molecule has 0 spiro atoms. The number of likely N-dealkylation sites (tertiary alicyclic amines) is 1. The fourth-order valence-corrected chi connectivity index (χ4v) is 2.44. The summed E-state index contributed by atoms with van der Waals surface area (Å²) in [5.74, 6) is 0.293. The number of nitriles is 1. The predicted octanol–water partition coefficient (Wildman–Crippen LogP) is 2.72. The molecule has 2 rings (SSSR count). The predicted molar refractivity (Wildman–Crippen MR) is 72.2 cm³/mol. The Morgan fingerprint density at radius 1 is 1.58 bits per heavy atom. The van der Waals surface area contributed by atoms with Crippen LogP contribution in [0, 0.1) is 17.2 Å². The minimum absolute atomic E-state index is 0.0732. The lowest BCUT2D eigenvalue weighted by Gasteiger charge is -2.30. The molecule has 0 radical (unpaired) electrons. The highest BCUT2D eigenvalue weighted by Crippen LogP contribution is 2.26. The number of carbonyl (C=O) groups excluding carboxylic acids is 1. The summed E-state index contributed by atoms with van der Waals surface area (Å²) in [5.41, 5.74) is 0.491. The summed E-state index contributed by atoms with van der Waals surface area (Å²) in [5, 5.41) is 9.50. The maximum atomic E-state index is 12.4. The Balaban J connectivity index is 2.22. The van der Waals surface area contributed by atoms with Crippen LogP contribution in [0.1, 0.15) is 23.2 Å². The Hall–Kier alpha value is -1.73. The van der Waals surface area contributed by atoms with Crippen LogP contribution >= 0.6 is 11.6 Å². The number of carbonyl (C=O) groups is 1. The van der Waals surface area contributed by atoms with Gasteiger partial charge in [0.2, 0.25) is 0 Å². The average molecular weight is 279 g/mol. The van der Waals surface area contributed by atoms with Gasteiger partial charge >= 0.3 is 0 Å². The van der Waals surface area contributed by atoms with Crippen LogP contribution in [0.3, 0.4) is 0 Å². The van der Waals surface area contributed by atoms with Crippen LogP contribution in [0.25, 0.3) is 0 Å². The van der Waals surface area contributed by atoms with E-state index in [9.17, 15) is 4.79 Å². The van der Waals surface area contributed by atoms with Gasteiger partial charge in [-0.25, -0.2) is 0 Å². The zero-order valence-electron chi connectivity index (χ0n) is 10.7. The van der Waals surface area contributed by atoms with Gasteiger partial charge in [0.1, 0.15) is 5.75 Å². The van der Waals surface area contributed by atoms with E-state index in [0.29, 0.717) is 29.4 Å². The van der Waals surface area contributed by atoms with Crippen LogP contribution in [0.15, 0.2) is 18.2 Å². The van der Waals surface area contributed by atoms with Gasteiger partial charge in [0.25, 0.3) is 5.91 Å². The number of methoxy groups -OCH3 is 1. The van der Waals surface area contributed by atoms with Crippen molar-refractivity contribution in [2.75, 3.05) is 20.2 Å². The van der Waals surface area contributed by atoms with Gasteiger partial charge in [-0.05, 0) is 31.0 Å². The second kappa shape index (κ2) is 5.94. The molecule has 1 saturated heterocycles. The van der Waals surface area contributed by atoms with E-state index in [1.165, 1.54) is 7.11 Å². The van der Waals surface area contributed by atoms with Crippen LogP contribution in [0.2, 0.25) is 5.02 Å². The van der Waals surface area contributed by atoms with E-state index < -0.39 is 0 Å². The van der Waals surface area contributed by atoms with E-state index in [1.54, 1.807) is 23.1 Å². The summed E-state index contributed by atoms with van der Waals surface area (Å²) < 4.78 is 5.19. The van der Waals surface area contributed by atoms with Crippen LogP contribution in [-0.2, 0) is 0 Å². The molecule has 1 atom stereocenters. The molecule has 0 bridgehead atoms. The van der Waals surface area contributed by atoms with Crippen molar-refractivity contribution in [3.05, 3.63) is 28.8 Å². The standard InChI is InChI=1S/C14H15ClN2O2/c1-19-13-7-11(15)4-5-12(13)14(18)17-6-2-3-10(8-16)9-17/h4-5,7,10H,2-3,6,9H2,1H3/t10-/m1/s1. The number of halogens is 1. The fourth-order valence-electron chi connectivity index (χ4n) is 2.28. The smallest absolute Gasteiger partial charge is 0.257 e. The monoisotopic (exact) mass is 278 g/mol. The topological polar surface area (TPSA) is 53.3 Å². The van der Waals surface area contributed by atoms with Crippen molar-refractivity contribution in [2.24, 2.45) is 5.92 Å². The SMILES string of the molecule is COc1cc(Cl)ccc1C(=O)N1CCC[C@H](C#N)C1. The first-order valence-corrected chi connectivity index (χ1v) is 6.56. The molecule has 0 aromatic heterocycles. The number of hydrogen-bond donors (Lipinski definition) is 0. The van der Waals surface area contributed by atoms with E-state index >= 15 is 0 Å². The van der Waals surface area contributed by atoms with Gasteiger partial charge in [0.15, 0.2) is 0 Å². The van der Waals surface area contributed by atoms with Gasteiger partial charge in [-0.1, -0.05) is 11.6 Å². The molecular weight excluding hydrogens is 264 g/mol. The molecule has 1 fully saturated rings. The Kier molecular flexibility index (Phi) is 4.28. The van der Waals surface area contributed by atoms with E-state index in [0.717, 1.165) is 12.8 Å². The maximum Gasteiger partial charge on any atom is 0.257 e. The minimum Gasteiger partial charge on any atom is -0.496 e. The lowest BCUT2D eigenvalue weighted by Crippen LogP contribution is -2.39. The van der Waals surface area contributed by atoms with E-state index in [4.69, 9.17) is 21.6 Å². The number of hydrogen-bond acceptors (Lipinski definition) is 3. The second-order valence-corrected chi connectivity index (χ2v) is 5.00. The molecule has 0 saturated carbocycles. The molecule has 5 heteroatoms. The maximum absolute atomic E-state index is 12.4. The van der Waals surface area contributed by atoms with Gasteiger partial charge in [0.05, 0.1) is 24.7 Å². The Morgan fingerprint density at radius 2 is 2.37 bits per heavy atom. The number of piperidine rings is 1. The summed E-state index contributed by atoms with van der Waals surface area (Å²) in [6.07, 6.45) is 1.72. The lowest BCUT2D eigenvalue weighted by molar-refractivity contribution is 0.0695. The molecule has 1 heterocycles. The highest BCUT2D eigenvalue weighted by atomic mass is 35.5. The third-order valence-corrected chi connectivity index (χ3v) is 3.52. The van der Waals surface area contributed by atoms with Gasteiger partial charge in [0, 0.05) is 18.1 Å². The number of amides is 1. The average Bonchev–Trinajstić information content (AvgIpc) is 2.46. The molecule has 1 amide bonds. The summed E-state index contributed by atoms with van der Waals surface area (Å²) >= 11 is 5.88. The van der Waals surface area contributed by atoms with Crippen molar-refractivity contribution >= 4 is 17.5 Å². The zero-order chi connectivity index (χ0) is 13.8. The van der Waals surface area contributed by atoms with E-state index in [2.05, 4.69) is 6.07 Å². The van der Waals surface area contributed by atoms with Crippen molar-refractivity contribution in [3.8, 4) is 11.8 Å². The molecule has 0 aliphatic carbocycles. The van der Waals surface area contributed by atoms with Crippen molar-refractivity contribution in [2.45, 2.75) is 12.8 Å². The molecule has 0 N–H and O–H groups in total. The molecule has 1 aromatic rings. The Labute approximate surface area is 117 Å². The Morgan fingerprint density at radius 3 is 3.05 bits per heavy atom. The quantitative estimate of drug-likeness (QED) is 0.836. The third-order valence-electron chi connectivity index (χ3n) is 3.29. The normalized spacial score (nSPS) is 18.8. The van der Waals surface area contributed by atoms with Crippen molar-refractivity contribution < 1.29 is 9.53 Å². The molecule has 1 aromatic carbocycles. The highest BCUT2D eigenvalue weighted by Gasteiger charge is 2.26. The van der Waals surface area contributed by atoms with Crippen LogP contribution in [0.4, 0.5) is 0 Å². The van der Waals surface area contributed by atoms with Crippen molar-refractivity contribution in [1.29, 1.82) is 5.26 Å². The minimum atomic E-state index is -0.103. The number of ether oxygens (including phenoxy) is 1.